The number of halogens is 2. The maximum atomic E-state index is 13.6. The molecule has 3 rings (SSSR count). The number of H-pyrrole nitrogens is 1. The summed E-state index contributed by atoms with van der Waals surface area (Å²) in [5.41, 5.74) is 0.643. The fraction of sp³-hybridized carbons (Fsp3) is 0.500. The first-order valence-electron chi connectivity index (χ1n) is 6.76. The molecule has 2 unspecified atom stereocenters. The van der Waals surface area contributed by atoms with Crippen molar-refractivity contribution in [3.05, 3.63) is 29.6 Å². The molecule has 2 N–H and O–H groups in total. The molecule has 0 aliphatic carbocycles. The minimum atomic E-state index is -0.872. The molecule has 0 saturated carbocycles. The van der Waals surface area contributed by atoms with Crippen molar-refractivity contribution in [1.29, 1.82) is 0 Å². The summed E-state index contributed by atoms with van der Waals surface area (Å²) in [5.74, 6) is -0.352. The van der Waals surface area contributed by atoms with Crippen LogP contribution in [0.1, 0.15) is 38.1 Å². The van der Waals surface area contributed by atoms with E-state index in [2.05, 4.69) is 22.2 Å². The van der Waals surface area contributed by atoms with Gasteiger partial charge in [-0.05, 0) is 37.4 Å². The van der Waals surface area contributed by atoms with E-state index in [1.54, 1.807) is 0 Å². The van der Waals surface area contributed by atoms with Crippen LogP contribution in [0, 0.1) is 17.6 Å². The highest BCUT2D eigenvalue weighted by molar-refractivity contribution is 5.75. The molecule has 1 aliphatic heterocycles. The minimum Gasteiger partial charge on any atom is -0.341 e. The number of aromatic amines is 1. The number of aromatic nitrogens is 2. The second-order valence-electron chi connectivity index (χ2n) is 5.18. The van der Waals surface area contributed by atoms with Crippen LogP contribution in [0.25, 0.3) is 11.0 Å². The third-order valence-electron chi connectivity index (χ3n) is 3.98. The summed E-state index contributed by atoms with van der Waals surface area (Å²) in [6.07, 6.45) is 3.29. The largest absolute Gasteiger partial charge is 0.341 e. The van der Waals surface area contributed by atoms with Crippen molar-refractivity contribution in [2.24, 2.45) is 5.92 Å². The smallest absolute Gasteiger partial charge is 0.186 e. The fourth-order valence-electron chi connectivity index (χ4n) is 2.78. The Morgan fingerprint density at radius 1 is 1.37 bits per heavy atom. The van der Waals surface area contributed by atoms with Gasteiger partial charge in [0.1, 0.15) is 11.3 Å². The molecule has 3 nitrogen and oxygen atoms in total. The number of imidazole rings is 1. The molecule has 0 bridgehead atoms. The maximum absolute atomic E-state index is 13.6. The Balaban J connectivity index is 1.95. The molecular weight excluding hydrogens is 248 g/mol. The lowest BCUT2D eigenvalue weighted by molar-refractivity contribution is 0.292. The van der Waals surface area contributed by atoms with Crippen LogP contribution in [0.4, 0.5) is 8.78 Å². The van der Waals surface area contributed by atoms with Crippen molar-refractivity contribution in [2.45, 2.75) is 32.2 Å². The lowest BCUT2D eigenvalue weighted by atomic mass is 9.90. The van der Waals surface area contributed by atoms with Gasteiger partial charge in [0, 0.05) is 0 Å². The number of hydrogen-bond donors (Lipinski definition) is 2. The Morgan fingerprint density at radius 2 is 2.21 bits per heavy atom. The SMILES string of the molecule is CCC1CCNC(c2nc3c(F)c(F)ccc3[nH]2)C1. The number of rotatable bonds is 2. The molecule has 5 heteroatoms. The van der Waals surface area contributed by atoms with Crippen molar-refractivity contribution in [2.75, 3.05) is 6.54 Å². The normalized spacial score (nSPS) is 23.9. The first kappa shape index (κ1) is 12.5. The number of hydrogen-bond acceptors (Lipinski definition) is 2. The highest BCUT2D eigenvalue weighted by atomic mass is 19.2. The molecule has 1 aromatic heterocycles. The van der Waals surface area contributed by atoms with Gasteiger partial charge in [-0.15, -0.1) is 0 Å². The van der Waals surface area contributed by atoms with Crippen molar-refractivity contribution < 1.29 is 8.78 Å². The molecule has 0 amide bonds. The summed E-state index contributed by atoms with van der Waals surface area (Å²) in [7, 11) is 0. The van der Waals surface area contributed by atoms with Crippen molar-refractivity contribution in [1.82, 2.24) is 15.3 Å². The van der Waals surface area contributed by atoms with Crippen LogP contribution in [0.3, 0.4) is 0 Å². The number of nitrogens with zero attached hydrogens (tertiary/aromatic N) is 1. The summed E-state index contributed by atoms with van der Waals surface area (Å²) in [4.78, 5) is 7.33. The fourth-order valence-corrected chi connectivity index (χ4v) is 2.78. The van der Waals surface area contributed by atoms with Crippen LogP contribution >= 0.6 is 0 Å². The maximum Gasteiger partial charge on any atom is 0.186 e. The van der Waals surface area contributed by atoms with E-state index < -0.39 is 11.6 Å². The minimum absolute atomic E-state index is 0.0930. The van der Waals surface area contributed by atoms with E-state index in [-0.39, 0.29) is 11.6 Å². The molecule has 0 spiro atoms. The summed E-state index contributed by atoms with van der Waals surface area (Å²) in [5, 5.41) is 3.38. The van der Waals surface area contributed by atoms with Gasteiger partial charge in [0.15, 0.2) is 11.6 Å². The van der Waals surface area contributed by atoms with Gasteiger partial charge in [0.2, 0.25) is 0 Å². The van der Waals surface area contributed by atoms with Crippen LogP contribution in [0.2, 0.25) is 0 Å². The van der Waals surface area contributed by atoms with Gasteiger partial charge in [0.25, 0.3) is 0 Å². The van der Waals surface area contributed by atoms with Gasteiger partial charge in [-0.2, -0.15) is 0 Å². The third-order valence-corrected chi connectivity index (χ3v) is 3.98. The van der Waals surface area contributed by atoms with Gasteiger partial charge in [-0.3, -0.25) is 0 Å². The number of nitrogens with one attached hydrogen (secondary N) is 2. The second-order valence-corrected chi connectivity index (χ2v) is 5.18. The summed E-state index contributed by atoms with van der Waals surface area (Å²) in [6, 6.07) is 2.77. The quantitative estimate of drug-likeness (QED) is 0.874. The average molecular weight is 265 g/mol. The van der Waals surface area contributed by atoms with E-state index in [1.807, 2.05) is 0 Å². The van der Waals surface area contributed by atoms with Gasteiger partial charge in [-0.25, -0.2) is 13.8 Å². The van der Waals surface area contributed by atoms with Crippen LogP contribution in [-0.4, -0.2) is 16.5 Å². The first-order valence-corrected chi connectivity index (χ1v) is 6.76. The topological polar surface area (TPSA) is 40.7 Å². The number of benzene rings is 1. The zero-order valence-electron chi connectivity index (χ0n) is 10.8. The van der Waals surface area contributed by atoms with E-state index in [4.69, 9.17) is 0 Å². The monoisotopic (exact) mass is 265 g/mol. The molecule has 2 heterocycles. The van der Waals surface area contributed by atoms with Crippen LogP contribution < -0.4 is 5.32 Å². The lowest BCUT2D eigenvalue weighted by Crippen LogP contribution is -2.32. The molecular formula is C14H17F2N3. The Labute approximate surface area is 110 Å². The van der Waals surface area contributed by atoms with Crippen LogP contribution in [0.15, 0.2) is 12.1 Å². The predicted molar refractivity (Wildman–Crippen MR) is 69.8 cm³/mol. The molecule has 1 aliphatic rings. The Kier molecular flexibility index (Phi) is 3.22. The van der Waals surface area contributed by atoms with Gasteiger partial charge < -0.3 is 10.3 Å². The molecule has 102 valence electrons. The third kappa shape index (κ3) is 2.23. The molecule has 2 aromatic rings. The first-order chi connectivity index (χ1) is 9.19. The van der Waals surface area contributed by atoms with Crippen LogP contribution in [-0.2, 0) is 0 Å². The standard InChI is InChI=1S/C14H17F2N3/c1-2-8-5-6-17-11(7-8)14-18-10-4-3-9(15)12(16)13(10)19-14/h3-4,8,11,17H,2,5-7H2,1H3,(H,18,19). The second kappa shape index (κ2) is 4.89. The molecule has 0 radical (unpaired) electrons. The van der Waals surface area contributed by atoms with Gasteiger partial charge in [0.05, 0.1) is 11.6 Å². The Morgan fingerprint density at radius 3 is 3.00 bits per heavy atom. The average Bonchev–Trinajstić information content (AvgIpc) is 2.88. The highest BCUT2D eigenvalue weighted by Crippen LogP contribution is 2.29. The zero-order valence-corrected chi connectivity index (χ0v) is 10.8. The van der Waals surface area contributed by atoms with Crippen LogP contribution in [0.5, 0.6) is 0 Å². The van der Waals surface area contributed by atoms with E-state index in [1.165, 1.54) is 6.07 Å². The molecule has 1 saturated heterocycles. The van der Waals surface area contributed by atoms with Gasteiger partial charge >= 0.3 is 0 Å². The zero-order chi connectivity index (χ0) is 13.4. The molecule has 1 fully saturated rings. The van der Waals surface area contributed by atoms with E-state index in [0.29, 0.717) is 17.3 Å². The Bertz CT molecular complexity index is 594. The summed E-state index contributed by atoms with van der Waals surface area (Å²) < 4.78 is 26.8. The van der Waals surface area contributed by atoms with Crippen molar-refractivity contribution in [3.63, 3.8) is 0 Å². The molecule has 19 heavy (non-hydrogen) atoms. The van der Waals surface area contributed by atoms with Gasteiger partial charge in [-0.1, -0.05) is 13.3 Å². The number of fused-ring (bicyclic) bond motifs is 1. The molecule has 2 atom stereocenters. The van der Waals surface area contributed by atoms with Crippen molar-refractivity contribution >= 4 is 11.0 Å². The molecule has 1 aromatic carbocycles. The highest BCUT2D eigenvalue weighted by Gasteiger charge is 2.24. The summed E-state index contributed by atoms with van der Waals surface area (Å²) in [6.45, 7) is 3.12. The lowest BCUT2D eigenvalue weighted by Gasteiger charge is -2.28. The van der Waals surface area contributed by atoms with E-state index in [9.17, 15) is 8.78 Å². The summed E-state index contributed by atoms with van der Waals surface area (Å²) >= 11 is 0. The number of piperidine rings is 1. The van der Waals surface area contributed by atoms with E-state index in [0.717, 1.165) is 31.9 Å². The van der Waals surface area contributed by atoms with Crippen molar-refractivity contribution in [3.8, 4) is 0 Å². The Hall–Kier alpha value is -1.49. The van der Waals surface area contributed by atoms with E-state index >= 15 is 0 Å². The predicted octanol–water partition coefficient (Wildman–Crippen LogP) is 3.29.